The van der Waals surface area contributed by atoms with Crippen LogP contribution in [0.15, 0.2) is 53.6 Å². The van der Waals surface area contributed by atoms with Gasteiger partial charge in [0.2, 0.25) is 0 Å². The Morgan fingerprint density at radius 1 is 1.11 bits per heavy atom. The molecule has 10 nitrogen and oxygen atoms in total. The molecule has 0 saturated carbocycles. The van der Waals surface area contributed by atoms with E-state index in [2.05, 4.69) is 5.32 Å². The van der Waals surface area contributed by atoms with Crippen LogP contribution in [0.25, 0.3) is 10.9 Å². The zero-order valence-electron chi connectivity index (χ0n) is 17.7. The van der Waals surface area contributed by atoms with E-state index in [0.717, 1.165) is 21.6 Å². The van der Waals surface area contributed by atoms with Crippen LogP contribution in [-0.4, -0.2) is 54.6 Å². The van der Waals surface area contributed by atoms with Crippen molar-refractivity contribution >= 4 is 56.2 Å². The van der Waals surface area contributed by atoms with Gasteiger partial charge in [0.25, 0.3) is 15.9 Å². The Labute approximate surface area is 202 Å². The predicted molar refractivity (Wildman–Crippen MR) is 123 cm³/mol. The van der Waals surface area contributed by atoms with E-state index in [-0.39, 0.29) is 5.69 Å². The first-order valence-corrected chi connectivity index (χ1v) is 12.0. The minimum atomic E-state index is -4.71. The lowest BCUT2D eigenvalue weighted by atomic mass is 10.2. The number of likely N-dealkylation sites (tertiary alicyclic amines) is 1. The molecule has 2 aromatic carbocycles. The molecular formula is C21H18ClF2N5O5S. The Hall–Kier alpha value is -3.71. The fourth-order valence-electron chi connectivity index (χ4n) is 3.85. The molecule has 14 heteroatoms. The number of carbonyl (C=O) groups is 3. The Bertz CT molecular complexity index is 1460. The topological polar surface area (TPSA) is 144 Å². The van der Waals surface area contributed by atoms with Crippen molar-refractivity contribution in [3.05, 3.63) is 59.5 Å². The lowest BCUT2D eigenvalue weighted by Crippen LogP contribution is -2.48. The molecule has 0 aliphatic carbocycles. The van der Waals surface area contributed by atoms with Gasteiger partial charge >= 0.3 is 12.1 Å². The number of alkyl halides is 1. The fraction of sp³-hybridized carbons (Fsp3) is 0.190. The molecule has 2 atom stereocenters. The highest BCUT2D eigenvalue weighted by Gasteiger charge is 2.41. The number of primary amides is 1. The molecule has 2 unspecified atom stereocenters. The molecule has 0 radical (unpaired) electrons. The molecule has 1 aliphatic heterocycles. The Morgan fingerprint density at radius 2 is 1.83 bits per heavy atom. The standard InChI is InChI=1S/C21H18ClF2N5O5S/c22-13-5-3-7-17(18(13)24)35(33,34)27-19(30)16-8-11(23)9-29(16)21(32)26-14-10-28(20(25)31)15-6-2-1-4-12(14)15/h1-7,10-11,16H,8-9H2,(H2,25,31)(H,26,32)(H,27,30). The van der Waals surface area contributed by atoms with E-state index in [1.807, 2.05) is 0 Å². The lowest BCUT2D eigenvalue weighted by molar-refractivity contribution is -0.122. The van der Waals surface area contributed by atoms with Crippen LogP contribution in [0, 0.1) is 5.82 Å². The quantitative estimate of drug-likeness (QED) is 0.480. The Morgan fingerprint density at radius 3 is 2.54 bits per heavy atom. The van der Waals surface area contributed by atoms with Crippen molar-refractivity contribution in [3.63, 3.8) is 0 Å². The van der Waals surface area contributed by atoms with Gasteiger partial charge in [-0.2, -0.15) is 0 Å². The van der Waals surface area contributed by atoms with Gasteiger partial charge in [0.15, 0.2) is 5.82 Å². The van der Waals surface area contributed by atoms with Crippen LogP contribution in [0.3, 0.4) is 0 Å². The van der Waals surface area contributed by atoms with E-state index < -0.39 is 68.9 Å². The van der Waals surface area contributed by atoms with Crippen molar-refractivity contribution < 1.29 is 31.6 Å². The number of nitrogens with two attached hydrogens (primary N) is 1. The van der Waals surface area contributed by atoms with Crippen LogP contribution >= 0.6 is 11.6 Å². The first-order valence-electron chi connectivity index (χ1n) is 10.1. The Kier molecular flexibility index (Phi) is 6.38. The summed E-state index contributed by atoms with van der Waals surface area (Å²) in [7, 11) is -4.71. The number of urea groups is 1. The molecular weight excluding hydrogens is 508 g/mol. The number of sulfonamides is 1. The van der Waals surface area contributed by atoms with Gasteiger partial charge in [-0.05, 0) is 18.2 Å². The molecule has 0 spiro atoms. The van der Waals surface area contributed by atoms with Crippen molar-refractivity contribution in [3.8, 4) is 0 Å². The van der Waals surface area contributed by atoms with Crippen LogP contribution in [-0.2, 0) is 14.8 Å². The maximum Gasteiger partial charge on any atom is 0.323 e. The van der Waals surface area contributed by atoms with E-state index in [1.165, 1.54) is 12.3 Å². The number of fused-ring (bicyclic) bond motifs is 1. The average Bonchev–Trinajstić information content (AvgIpc) is 3.36. The number of anilines is 1. The first-order chi connectivity index (χ1) is 16.5. The largest absolute Gasteiger partial charge is 0.351 e. The molecule has 184 valence electrons. The van der Waals surface area contributed by atoms with Crippen molar-refractivity contribution in [1.29, 1.82) is 0 Å². The van der Waals surface area contributed by atoms with Crippen LogP contribution in [0.2, 0.25) is 5.02 Å². The molecule has 2 heterocycles. The molecule has 4 N–H and O–H groups in total. The monoisotopic (exact) mass is 525 g/mol. The summed E-state index contributed by atoms with van der Waals surface area (Å²) in [5, 5.41) is 2.49. The van der Waals surface area contributed by atoms with Crippen LogP contribution in [0.4, 0.5) is 24.1 Å². The van der Waals surface area contributed by atoms with Gasteiger partial charge in [0, 0.05) is 18.0 Å². The number of rotatable bonds is 4. The van der Waals surface area contributed by atoms with Gasteiger partial charge in [-0.3, -0.25) is 9.36 Å². The second-order valence-electron chi connectivity index (χ2n) is 7.72. The minimum Gasteiger partial charge on any atom is -0.351 e. The second kappa shape index (κ2) is 9.15. The maximum absolute atomic E-state index is 14.2. The lowest BCUT2D eigenvalue weighted by Gasteiger charge is -2.23. The molecule has 4 amide bonds. The molecule has 1 aromatic heterocycles. The van der Waals surface area contributed by atoms with Gasteiger partial charge < -0.3 is 16.0 Å². The third-order valence-electron chi connectivity index (χ3n) is 5.45. The number of nitrogens with one attached hydrogen (secondary N) is 2. The number of benzene rings is 2. The summed E-state index contributed by atoms with van der Waals surface area (Å²) in [5.74, 6) is -2.48. The number of aromatic nitrogens is 1. The van der Waals surface area contributed by atoms with Crippen molar-refractivity contribution in [2.75, 3.05) is 11.9 Å². The summed E-state index contributed by atoms with van der Waals surface area (Å²) in [6, 6.07) is 6.52. The first kappa shape index (κ1) is 24.4. The zero-order valence-corrected chi connectivity index (χ0v) is 19.3. The highest BCUT2D eigenvalue weighted by molar-refractivity contribution is 7.90. The smallest absolute Gasteiger partial charge is 0.323 e. The molecule has 1 saturated heterocycles. The second-order valence-corrected chi connectivity index (χ2v) is 9.78. The summed E-state index contributed by atoms with van der Waals surface area (Å²) in [6.07, 6.45) is -0.820. The summed E-state index contributed by atoms with van der Waals surface area (Å²) in [4.78, 5) is 37.4. The van der Waals surface area contributed by atoms with Crippen LogP contribution in [0.5, 0.6) is 0 Å². The molecule has 1 fully saturated rings. The fourth-order valence-corrected chi connectivity index (χ4v) is 5.20. The number of nitrogens with zero attached hydrogens (tertiary/aromatic N) is 2. The minimum absolute atomic E-state index is 0.166. The highest BCUT2D eigenvalue weighted by atomic mass is 35.5. The summed E-state index contributed by atoms with van der Waals surface area (Å²) in [6.45, 7) is -0.496. The summed E-state index contributed by atoms with van der Waals surface area (Å²) >= 11 is 5.61. The number of hydrogen-bond acceptors (Lipinski definition) is 5. The molecule has 0 bridgehead atoms. The summed E-state index contributed by atoms with van der Waals surface area (Å²) in [5.41, 5.74) is 5.93. The zero-order chi connectivity index (χ0) is 25.5. The molecule has 1 aliphatic rings. The number of para-hydroxylation sites is 1. The van der Waals surface area contributed by atoms with E-state index in [1.54, 1.807) is 29.0 Å². The number of hydrogen-bond donors (Lipinski definition) is 3. The average molecular weight is 526 g/mol. The summed E-state index contributed by atoms with van der Waals surface area (Å²) < 4.78 is 56.3. The van der Waals surface area contributed by atoms with Gasteiger partial charge in [0.05, 0.1) is 22.8 Å². The Balaban J connectivity index is 1.57. The van der Waals surface area contributed by atoms with Crippen molar-refractivity contribution in [1.82, 2.24) is 14.2 Å². The van der Waals surface area contributed by atoms with Crippen LogP contribution in [0.1, 0.15) is 6.42 Å². The highest BCUT2D eigenvalue weighted by Crippen LogP contribution is 2.28. The SMILES string of the molecule is NC(=O)n1cc(NC(=O)N2CC(F)CC2C(=O)NS(=O)(=O)c2cccc(Cl)c2F)c2ccccc21. The number of amides is 4. The van der Waals surface area contributed by atoms with Gasteiger partial charge in [-0.15, -0.1) is 0 Å². The molecule has 3 aromatic rings. The molecule has 4 rings (SSSR count). The van der Waals surface area contributed by atoms with Gasteiger partial charge in [-0.25, -0.2) is 31.5 Å². The van der Waals surface area contributed by atoms with E-state index in [9.17, 15) is 31.6 Å². The van der Waals surface area contributed by atoms with E-state index >= 15 is 0 Å². The van der Waals surface area contributed by atoms with Gasteiger partial charge in [0.1, 0.15) is 17.1 Å². The van der Waals surface area contributed by atoms with Crippen molar-refractivity contribution in [2.24, 2.45) is 5.73 Å². The third kappa shape index (κ3) is 4.64. The van der Waals surface area contributed by atoms with Crippen LogP contribution < -0.4 is 15.8 Å². The van der Waals surface area contributed by atoms with Crippen molar-refractivity contribution in [2.45, 2.75) is 23.5 Å². The normalized spacial score (nSPS) is 18.0. The number of carbonyl (C=O) groups excluding carboxylic acids is 3. The van der Waals surface area contributed by atoms with Gasteiger partial charge in [-0.1, -0.05) is 35.9 Å². The predicted octanol–water partition coefficient (Wildman–Crippen LogP) is 2.81. The number of halogens is 3. The third-order valence-corrected chi connectivity index (χ3v) is 7.10. The van der Waals surface area contributed by atoms with E-state index in [0.29, 0.717) is 10.9 Å². The molecule has 35 heavy (non-hydrogen) atoms. The maximum atomic E-state index is 14.2. The van der Waals surface area contributed by atoms with E-state index in [4.69, 9.17) is 17.3 Å².